The fourth-order valence-electron chi connectivity index (χ4n) is 1.05. The van der Waals surface area contributed by atoms with Crippen LogP contribution in [0.3, 0.4) is 0 Å². The molecular formula is C13H22N2O. The van der Waals surface area contributed by atoms with Crippen molar-refractivity contribution >= 4 is 5.91 Å². The lowest BCUT2D eigenvalue weighted by Gasteiger charge is -2.08. The molecule has 0 saturated heterocycles. The maximum Gasteiger partial charge on any atom is 0.243 e. The Balaban J connectivity index is 3.58. The molecule has 0 aliphatic rings. The molecule has 0 bridgehead atoms. The highest BCUT2D eigenvalue weighted by atomic mass is 16.1. The lowest BCUT2D eigenvalue weighted by atomic mass is 10.3. The predicted octanol–water partition coefficient (Wildman–Crippen LogP) is 1.74. The summed E-state index contributed by atoms with van der Waals surface area (Å²) in [5.74, 6) is -0.0381. The average Bonchev–Trinajstić information content (AvgIpc) is 2.24. The van der Waals surface area contributed by atoms with E-state index in [1.54, 1.807) is 6.08 Å². The second kappa shape index (κ2) is 10.2. The monoisotopic (exact) mass is 222 g/mol. The second-order valence-electron chi connectivity index (χ2n) is 3.72. The van der Waals surface area contributed by atoms with Crippen molar-refractivity contribution in [1.82, 2.24) is 10.2 Å². The molecule has 0 aromatic carbocycles. The van der Waals surface area contributed by atoms with Gasteiger partial charge in [-0.05, 0) is 34.0 Å². The molecule has 0 aliphatic carbocycles. The number of amides is 1. The van der Waals surface area contributed by atoms with Crippen molar-refractivity contribution in [2.75, 3.05) is 27.2 Å². The molecular weight excluding hydrogens is 200 g/mol. The Bertz CT molecular complexity index is 265. The summed E-state index contributed by atoms with van der Waals surface area (Å²) in [7, 11) is 4.04. The minimum absolute atomic E-state index is 0.0381. The van der Waals surface area contributed by atoms with Crippen molar-refractivity contribution < 1.29 is 4.79 Å². The molecule has 0 aliphatic heterocycles. The summed E-state index contributed by atoms with van der Waals surface area (Å²) < 4.78 is 0. The zero-order valence-corrected chi connectivity index (χ0v) is 10.4. The van der Waals surface area contributed by atoms with Crippen LogP contribution in [0.1, 0.15) is 13.3 Å². The Morgan fingerprint density at radius 2 is 1.88 bits per heavy atom. The fraction of sp³-hybridized carbons (Fsp3) is 0.462. The first kappa shape index (κ1) is 14.6. The molecule has 0 fully saturated rings. The van der Waals surface area contributed by atoms with Crippen molar-refractivity contribution in [1.29, 1.82) is 0 Å². The lowest BCUT2D eigenvalue weighted by Crippen LogP contribution is -2.25. The summed E-state index contributed by atoms with van der Waals surface area (Å²) in [6, 6.07) is 0. The Hall–Kier alpha value is -1.35. The molecule has 0 atom stereocenters. The Kier molecular flexibility index (Phi) is 9.32. The summed E-state index contributed by atoms with van der Waals surface area (Å²) in [5, 5.41) is 2.82. The number of rotatable bonds is 7. The molecule has 0 saturated carbocycles. The second-order valence-corrected chi connectivity index (χ2v) is 3.72. The van der Waals surface area contributed by atoms with E-state index in [0.717, 1.165) is 19.5 Å². The smallest absolute Gasteiger partial charge is 0.243 e. The Labute approximate surface area is 98.5 Å². The van der Waals surface area contributed by atoms with E-state index in [9.17, 15) is 4.79 Å². The van der Waals surface area contributed by atoms with Crippen LogP contribution < -0.4 is 5.32 Å². The van der Waals surface area contributed by atoms with E-state index >= 15 is 0 Å². The number of carbonyl (C=O) groups is 1. The van der Waals surface area contributed by atoms with Crippen LogP contribution in [0.5, 0.6) is 0 Å². The maximum atomic E-state index is 11.3. The van der Waals surface area contributed by atoms with Crippen molar-refractivity contribution in [2.45, 2.75) is 13.3 Å². The van der Waals surface area contributed by atoms with Crippen molar-refractivity contribution in [3.63, 3.8) is 0 Å². The number of allylic oxidation sites excluding steroid dienone is 5. The maximum absolute atomic E-state index is 11.3. The number of carbonyl (C=O) groups excluding carboxylic acids is 1. The molecule has 0 unspecified atom stereocenters. The summed E-state index contributed by atoms with van der Waals surface area (Å²) in [4.78, 5) is 13.4. The topological polar surface area (TPSA) is 32.3 Å². The zero-order chi connectivity index (χ0) is 12.2. The largest absolute Gasteiger partial charge is 0.353 e. The van der Waals surface area contributed by atoms with Gasteiger partial charge in [-0.1, -0.05) is 30.4 Å². The van der Waals surface area contributed by atoms with Gasteiger partial charge in [-0.2, -0.15) is 0 Å². The first-order chi connectivity index (χ1) is 7.66. The minimum Gasteiger partial charge on any atom is -0.353 e. The van der Waals surface area contributed by atoms with Gasteiger partial charge in [0.15, 0.2) is 0 Å². The molecule has 90 valence electrons. The van der Waals surface area contributed by atoms with Crippen LogP contribution >= 0.6 is 0 Å². The van der Waals surface area contributed by atoms with E-state index in [1.807, 2.05) is 45.3 Å². The third kappa shape index (κ3) is 10.7. The van der Waals surface area contributed by atoms with Gasteiger partial charge in [0.2, 0.25) is 5.91 Å². The van der Waals surface area contributed by atoms with E-state index in [1.165, 1.54) is 6.08 Å². The van der Waals surface area contributed by atoms with Gasteiger partial charge in [-0.15, -0.1) is 0 Å². The zero-order valence-electron chi connectivity index (χ0n) is 10.4. The van der Waals surface area contributed by atoms with Gasteiger partial charge < -0.3 is 10.2 Å². The van der Waals surface area contributed by atoms with E-state index in [2.05, 4.69) is 10.2 Å². The third-order valence-corrected chi connectivity index (χ3v) is 1.85. The molecule has 0 spiro atoms. The van der Waals surface area contributed by atoms with Crippen molar-refractivity contribution in [3.05, 3.63) is 36.5 Å². The summed E-state index contributed by atoms with van der Waals surface area (Å²) in [6.45, 7) is 3.66. The molecule has 1 amide bonds. The van der Waals surface area contributed by atoms with E-state index in [-0.39, 0.29) is 5.91 Å². The fourth-order valence-corrected chi connectivity index (χ4v) is 1.05. The highest BCUT2D eigenvalue weighted by molar-refractivity contribution is 5.87. The van der Waals surface area contributed by atoms with Crippen molar-refractivity contribution in [3.8, 4) is 0 Å². The van der Waals surface area contributed by atoms with Crippen molar-refractivity contribution in [2.24, 2.45) is 0 Å². The van der Waals surface area contributed by atoms with Crippen LogP contribution in [0.2, 0.25) is 0 Å². The van der Waals surface area contributed by atoms with Gasteiger partial charge in [0.1, 0.15) is 0 Å². The van der Waals surface area contributed by atoms with Crippen LogP contribution in [-0.4, -0.2) is 38.0 Å². The Morgan fingerprint density at radius 3 is 2.50 bits per heavy atom. The van der Waals surface area contributed by atoms with Gasteiger partial charge in [0, 0.05) is 12.6 Å². The number of nitrogens with one attached hydrogen (secondary N) is 1. The SMILES string of the molecule is CC=CC=CC=CC(=O)NCCCN(C)C. The quantitative estimate of drug-likeness (QED) is 0.404. The summed E-state index contributed by atoms with van der Waals surface area (Å²) in [5.41, 5.74) is 0. The van der Waals surface area contributed by atoms with Crippen LogP contribution in [0.25, 0.3) is 0 Å². The van der Waals surface area contributed by atoms with Crippen LogP contribution in [-0.2, 0) is 4.79 Å². The normalized spacial score (nSPS) is 12.2. The number of hydrogen-bond acceptors (Lipinski definition) is 2. The first-order valence-corrected chi connectivity index (χ1v) is 5.55. The van der Waals surface area contributed by atoms with Gasteiger partial charge in [0.05, 0.1) is 0 Å². The molecule has 1 N–H and O–H groups in total. The van der Waals surface area contributed by atoms with Crippen LogP contribution in [0.4, 0.5) is 0 Å². The van der Waals surface area contributed by atoms with E-state index in [4.69, 9.17) is 0 Å². The van der Waals surface area contributed by atoms with Gasteiger partial charge in [-0.3, -0.25) is 4.79 Å². The lowest BCUT2D eigenvalue weighted by molar-refractivity contribution is -0.116. The summed E-state index contributed by atoms with van der Waals surface area (Å²) in [6.07, 6.45) is 11.8. The molecule has 3 nitrogen and oxygen atoms in total. The van der Waals surface area contributed by atoms with Gasteiger partial charge in [-0.25, -0.2) is 0 Å². The molecule has 0 rings (SSSR count). The molecule has 0 radical (unpaired) electrons. The molecule has 0 aromatic rings. The van der Waals surface area contributed by atoms with Gasteiger partial charge >= 0.3 is 0 Å². The van der Waals surface area contributed by atoms with Gasteiger partial charge in [0.25, 0.3) is 0 Å². The molecule has 0 heterocycles. The number of nitrogens with zero attached hydrogens (tertiary/aromatic N) is 1. The van der Waals surface area contributed by atoms with Crippen LogP contribution in [0.15, 0.2) is 36.5 Å². The highest BCUT2D eigenvalue weighted by Crippen LogP contribution is 1.83. The highest BCUT2D eigenvalue weighted by Gasteiger charge is 1.94. The average molecular weight is 222 g/mol. The van der Waals surface area contributed by atoms with E-state index < -0.39 is 0 Å². The minimum atomic E-state index is -0.0381. The summed E-state index contributed by atoms with van der Waals surface area (Å²) >= 11 is 0. The molecule has 0 aromatic heterocycles. The standard InChI is InChI=1S/C13H22N2O/c1-4-5-6-7-8-10-13(16)14-11-9-12-15(2)3/h4-8,10H,9,11-12H2,1-3H3,(H,14,16). The molecule has 16 heavy (non-hydrogen) atoms. The first-order valence-electron chi connectivity index (χ1n) is 5.55. The third-order valence-electron chi connectivity index (χ3n) is 1.85. The Morgan fingerprint density at radius 1 is 1.19 bits per heavy atom. The van der Waals surface area contributed by atoms with Crippen LogP contribution in [0, 0.1) is 0 Å². The number of hydrogen-bond donors (Lipinski definition) is 1. The molecule has 3 heteroatoms. The van der Waals surface area contributed by atoms with E-state index in [0.29, 0.717) is 0 Å². The predicted molar refractivity (Wildman–Crippen MR) is 69.3 cm³/mol.